The topological polar surface area (TPSA) is 69.8 Å². The van der Waals surface area contributed by atoms with Crippen molar-refractivity contribution in [1.82, 2.24) is 15.5 Å². The van der Waals surface area contributed by atoms with Gasteiger partial charge in [0.1, 0.15) is 5.82 Å². The summed E-state index contributed by atoms with van der Waals surface area (Å²) in [5.41, 5.74) is 0.949. The minimum absolute atomic E-state index is 0.0238. The van der Waals surface area contributed by atoms with Crippen LogP contribution in [0.1, 0.15) is 18.4 Å². The SMILES string of the molecule is Cc1cn[nH]c1NC(=O)CNC1CC1. The van der Waals surface area contributed by atoms with E-state index in [1.165, 1.54) is 12.8 Å². The highest BCUT2D eigenvalue weighted by Gasteiger charge is 2.21. The van der Waals surface area contributed by atoms with Crippen LogP contribution in [0.5, 0.6) is 0 Å². The lowest BCUT2D eigenvalue weighted by Crippen LogP contribution is -2.29. The van der Waals surface area contributed by atoms with Gasteiger partial charge in [0.15, 0.2) is 0 Å². The van der Waals surface area contributed by atoms with Crippen molar-refractivity contribution in [2.45, 2.75) is 25.8 Å². The molecule has 14 heavy (non-hydrogen) atoms. The third kappa shape index (κ3) is 2.32. The number of carbonyl (C=O) groups is 1. The third-order valence-corrected chi connectivity index (χ3v) is 2.22. The van der Waals surface area contributed by atoms with E-state index in [-0.39, 0.29) is 5.91 Å². The van der Waals surface area contributed by atoms with E-state index < -0.39 is 0 Å². The summed E-state index contributed by atoms with van der Waals surface area (Å²) in [6.45, 7) is 2.27. The minimum atomic E-state index is -0.0238. The number of nitrogens with one attached hydrogen (secondary N) is 3. The first-order valence-corrected chi connectivity index (χ1v) is 4.79. The maximum absolute atomic E-state index is 11.4. The van der Waals surface area contributed by atoms with Crippen LogP contribution in [0.25, 0.3) is 0 Å². The van der Waals surface area contributed by atoms with Gasteiger partial charge in [0.05, 0.1) is 12.7 Å². The van der Waals surface area contributed by atoms with Crippen molar-refractivity contribution in [3.63, 3.8) is 0 Å². The molecule has 0 atom stereocenters. The molecule has 1 amide bonds. The summed E-state index contributed by atoms with van der Waals surface area (Å²) >= 11 is 0. The monoisotopic (exact) mass is 194 g/mol. The Morgan fingerprint density at radius 2 is 2.50 bits per heavy atom. The van der Waals surface area contributed by atoms with E-state index in [4.69, 9.17) is 0 Å². The van der Waals surface area contributed by atoms with Crippen molar-refractivity contribution in [1.29, 1.82) is 0 Å². The number of amides is 1. The molecule has 0 spiro atoms. The van der Waals surface area contributed by atoms with Gasteiger partial charge in [-0.15, -0.1) is 0 Å². The number of aromatic amines is 1. The Morgan fingerprint density at radius 1 is 1.71 bits per heavy atom. The van der Waals surface area contributed by atoms with Gasteiger partial charge in [0, 0.05) is 11.6 Å². The fraction of sp³-hybridized carbons (Fsp3) is 0.556. The predicted octanol–water partition coefficient (Wildman–Crippen LogP) is 0.409. The molecule has 5 nitrogen and oxygen atoms in total. The molecule has 1 fully saturated rings. The second kappa shape index (κ2) is 3.79. The molecule has 0 aromatic carbocycles. The Labute approximate surface area is 82.3 Å². The Bertz CT molecular complexity index is 329. The number of nitrogens with zero attached hydrogens (tertiary/aromatic N) is 1. The summed E-state index contributed by atoms with van der Waals surface area (Å²) in [5.74, 6) is 0.664. The van der Waals surface area contributed by atoms with Crippen molar-refractivity contribution in [3.8, 4) is 0 Å². The first-order chi connectivity index (χ1) is 6.75. The Hall–Kier alpha value is -1.36. The van der Waals surface area contributed by atoms with Crippen molar-refractivity contribution in [2.75, 3.05) is 11.9 Å². The summed E-state index contributed by atoms with van der Waals surface area (Å²) in [5, 5.41) is 12.4. The molecule has 1 aromatic rings. The number of hydrogen-bond acceptors (Lipinski definition) is 3. The average Bonchev–Trinajstić information content (AvgIpc) is 2.90. The molecule has 0 saturated heterocycles. The number of aryl methyl sites for hydroxylation is 1. The molecule has 3 N–H and O–H groups in total. The zero-order valence-electron chi connectivity index (χ0n) is 8.13. The number of rotatable bonds is 4. The number of anilines is 1. The Morgan fingerprint density at radius 3 is 3.07 bits per heavy atom. The lowest BCUT2D eigenvalue weighted by molar-refractivity contribution is -0.115. The highest BCUT2D eigenvalue weighted by Crippen LogP contribution is 2.18. The molecular weight excluding hydrogens is 180 g/mol. The van der Waals surface area contributed by atoms with Gasteiger partial charge < -0.3 is 10.6 Å². The highest BCUT2D eigenvalue weighted by molar-refractivity contribution is 5.91. The number of carbonyl (C=O) groups excluding carboxylic acids is 1. The summed E-state index contributed by atoms with van der Waals surface area (Å²) in [7, 11) is 0. The van der Waals surface area contributed by atoms with E-state index in [1.54, 1.807) is 6.20 Å². The molecule has 1 aliphatic rings. The van der Waals surface area contributed by atoms with Crippen LogP contribution in [0.15, 0.2) is 6.20 Å². The van der Waals surface area contributed by atoms with Crippen LogP contribution in [0.4, 0.5) is 5.82 Å². The van der Waals surface area contributed by atoms with E-state index in [9.17, 15) is 4.79 Å². The van der Waals surface area contributed by atoms with Crippen molar-refractivity contribution in [3.05, 3.63) is 11.8 Å². The molecule has 1 saturated carbocycles. The van der Waals surface area contributed by atoms with Gasteiger partial charge in [-0.1, -0.05) is 0 Å². The van der Waals surface area contributed by atoms with Crippen molar-refractivity contribution >= 4 is 11.7 Å². The standard InChI is InChI=1S/C9H14N4O/c1-6-4-11-13-9(6)12-8(14)5-10-7-2-3-7/h4,7,10H,2-3,5H2,1H3,(H2,11,12,13,14). The van der Waals surface area contributed by atoms with E-state index in [0.717, 1.165) is 5.56 Å². The van der Waals surface area contributed by atoms with E-state index >= 15 is 0 Å². The van der Waals surface area contributed by atoms with Gasteiger partial charge in [-0.25, -0.2) is 0 Å². The van der Waals surface area contributed by atoms with Gasteiger partial charge in [0.2, 0.25) is 5.91 Å². The lowest BCUT2D eigenvalue weighted by Gasteiger charge is -2.04. The summed E-state index contributed by atoms with van der Waals surface area (Å²) in [6, 6.07) is 0.559. The molecule has 2 rings (SSSR count). The molecule has 5 heteroatoms. The van der Waals surface area contributed by atoms with Gasteiger partial charge in [-0.2, -0.15) is 5.10 Å². The van der Waals surface area contributed by atoms with E-state index in [0.29, 0.717) is 18.4 Å². The summed E-state index contributed by atoms with van der Waals surface area (Å²) in [6.07, 6.45) is 4.07. The van der Waals surface area contributed by atoms with Gasteiger partial charge in [-0.05, 0) is 19.8 Å². The molecule has 0 radical (unpaired) electrons. The molecule has 0 bridgehead atoms. The summed E-state index contributed by atoms with van der Waals surface area (Å²) < 4.78 is 0. The number of aromatic nitrogens is 2. The van der Waals surface area contributed by atoms with Crippen LogP contribution < -0.4 is 10.6 Å². The van der Waals surface area contributed by atoms with Crippen LogP contribution in [0, 0.1) is 6.92 Å². The first-order valence-electron chi connectivity index (χ1n) is 4.79. The normalized spacial score (nSPS) is 15.5. The zero-order valence-corrected chi connectivity index (χ0v) is 8.13. The first kappa shape index (κ1) is 9.21. The fourth-order valence-electron chi connectivity index (χ4n) is 1.18. The predicted molar refractivity (Wildman–Crippen MR) is 53.0 cm³/mol. The molecule has 1 aromatic heterocycles. The van der Waals surface area contributed by atoms with Crippen LogP contribution >= 0.6 is 0 Å². The smallest absolute Gasteiger partial charge is 0.239 e. The fourth-order valence-corrected chi connectivity index (χ4v) is 1.18. The number of H-pyrrole nitrogens is 1. The van der Waals surface area contributed by atoms with Crippen molar-refractivity contribution < 1.29 is 4.79 Å². The molecule has 1 aliphatic carbocycles. The van der Waals surface area contributed by atoms with Crippen LogP contribution in [0.2, 0.25) is 0 Å². The maximum atomic E-state index is 11.4. The van der Waals surface area contributed by atoms with Crippen LogP contribution in [0.3, 0.4) is 0 Å². The van der Waals surface area contributed by atoms with Crippen LogP contribution in [-0.2, 0) is 4.79 Å². The van der Waals surface area contributed by atoms with E-state index in [2.05, 4.69) is 20.8 Å². The molecule has 0 aliphatic heterocycles. The largest absolute Gasteiger partial charge is 0.310 e. The third-order valence-electron chi connectivity index (χ3n) is 2.22. The number of hydrogen-bond donors (Lipinski definition) is 3. The molecule has 1 heterocycles. The van der Waals surface area contributed by atoms with Crippen molar-refractivity contribution in [2.24, 2.45) is 0 Å². The minimum Gasteiger partial charge on any atom is -0.310 e. The molecule has 76 valence electrons. The Balaban J connectivity index is 1.78. The maximum Gasteiger partial charge on any atom is 0.239 e. The zero-order chi connectivity index (χ0) is 9.97. The van der Waals surface area contributed by atoms with Gasteiger partial charge >= 0.3 is 0 Å². The lowest BCUT2D eigenvalue weighted by atomic mass is 10.4. The second-order valence-corrected chi connectivity index (χ2v) is 3.63. The quantitative estimate of drug-likeness (QED) is 0.650. The molecule has 0 unspecified atom stereocenters. The Kier molecular flexibility index (Phi) is 2.49. The highest BCUT2D eigenvalue weighted by atomic mass is 16.2. The average molecular weight is 194 g/mol. The van der Waals surface area contributed by atoms with E-state index in [1.807, 2.05) is 6.92 Å². The van der Waals surface area contributed by atoms with Gasteiger partial charge in [-0.3, -0.25) is 9.89 Å². The molecular formula is C9H14N4O. The van der Waals surface area contributed by atoms with Crippen LogP contribution in [-0.4, -0.2) is 28.7 Å². The summed E-state index contributed by atoms with van der Waals surface area (Å²) in [4.78, 5) is 11.4. The van der Waals surface area contributed by atoms with Gasteiger partial charge in [0.25, 0.3) is 0 Å². The second-order valence-electron chi connectivity index (χ2n) is 3.63.